The summed E-state index contributed by atoms with van der Waals surface area (Å²) < 4.78 is 5.99. The Balaban J connectivity index is 4.39. The van der Waals surface area contributed by atoms with Crippen LogP contribution in [-0.4, -0.2) is 19.4 Å². The van der Waals surface area contributed by atoms with Gasteiger partial charge in [-0.1, -0.05) is 26.8 Å². The van der Waals surface area contributed by atoms with Crippen molar-refractivity contribution >= 4 is 14.3 Å². The molecule has 0 aliphatic rings. The highest BCUT2D eigenvalue weighted by Crippen LogP contribution is 2.22. The van der Waals surface area contributed by atoms with Crippen LogP contribution in [0.4, 0.5) is 0 Å². The zero-order valence-electron chi connectivity index (χ0n) is 12.0. The van der Waals surface area contributed by atoms with Gasteiger partial charge in [0.25, 0.3) is 0 Å². The maximum absolute atomic E-state index is 10.5. The molecule has 0 aromatic heterocycles. The molecule has 18 heavy (non-hydrogen) atoms. The van der Waals surface area contributed by atoms with Crippen LogP contribution >= 0.6 is 0 Å². The van der Waals surface area contributed by atoms with Gasteiger partial charge in [0.2, 0.25) is 8.32 Å². The molecule has 0 saturated carbocycles. The van der Waals surface area contributed by atoms with Gasteiger partial charge in [-0.25, -0.2) is 0 Å². The number of hydrogen-bond donors (Lipinski definition) is 1. The third-order valence-electron chi connectivity index (χ3n) is 3.53. The lowest BCUT2D eigenvalue weighted by molar-refractivity contribution is -0.136. The molecule has 1 N–H and O–H groups in total. The first-order chi connectivity index (χ1) is 8.53. The quantitative estimate of drug-likeness (QED) is 0.385. The van der Waals surface area contributed by atoms with E-state index in [0.29, 0.717) is 6.42 Å². The molecule has 0 rings (SSSR count). The van der Waals surface area contributed by atoms with E-state index in [1.165, 1.54) is 0 Å². The van der Waals surface area contributed by atoms with Crippen molar-refractivity contribution in [2.24, 2.45) is 0 Å². The summed E-state index contributed by atoms with van der Waals surface area (Å²) in [7, 11) is -1.57. The lowest BCUT2D eigenvalue weighted by atomic mass is 10.1. The summed E-state index contributed by atoms with van der Waals surface area (Å²) in [6.07, 6.45) is 6.36. The Labute approximate surface area is 112 Å². The van der Waals surface area contributed by atoms with Gasteiger partial charge >= 0.3 is 5.97 Å². The van der Waals surface area contributed by atoms with Gasteiger partial charge in [0.15, 0.2) is 0 Å². The van der Waals surface area contributed by atoms with Crippen LogP contribution in [0.3, 0.4) is 0 Å². The van der Waals surface area contributed by atoms with Crippen LogP contribution in [0.5, 0.6) is 0 Å². The summed E-state index contributed by atoms with van der Waals surface area (Å²) in [5.41, 5.74) is 1.02. The smallest absolute Gasteiger partial charge is 0.303 e. The lowest BCUT2D eigenvalue weighted by Gasteiger charge is -2.26. The predicted molar refractivity (Wildman–Crippen MR) is 78.0 cm³/mol. The topological polar surface area (TPSA) is 46.5 Å². The van der Waals surface area contributed by atoms with E-state index in [4.69, 9.17) is 9.53 Å². The number of rotatable bonds is 9. The van der Waals surface area contributed by atoms with E-state index in [1.807, 2.05) is 19.1 Å². The maximum Gasteiger partial charge on any atom is 0.303 e. The Hall–Kier alpha value is -1.03. The van der Waals surface area contributed by atoms with Crippen LogP contribution in [0, 0.1) is 0 Å². The fourth-order valence-electron chi connectivity index (χ4n) is 1.84. The third-order valence-corrected chi connectivity index (χ3v) is 8.03. The van der Waals surface area contributed by atoms with Crippen LogP contribution in [0.2, 0.25) is 18.1 Å². The molecule has 0 bridgehead atoms. The molecule has 0 heterocycles. The largest absolute Gasteiger partial charge is 0.549 e. The van der Waals surface area contributed by atoms with E-state index < -0.39 is 14.3 Å². The number of carboxylic acid groups (broad SMARTS) is 1. The van der Waals surface area contributed by atoms with Crippen LogP contribution in [0.15, 0.2) is 24.0 Å². The van der Waals surface area contributed by atoms with Gasteiger partial charge in [0.1, 0.15) is 0 Å². The highest BCUT2D eigenvalue weighted by molar-refractivity contribution is 6.73. The summed E-state index contributed by atoms with van der Waals surface area (Å²) in [6.45, 7) is 8.49. The SMILES string of the molecule is CC=C(C=CO[Si](CC)(CC)CC)CCC(=O)O. The minimum absolute atomic E-state index is 0.169. The summed E-state index contributed by atoms with van der Waals surface area (Å²) in [6, 6.07) is 3.35. The average Bonchev–Trinajstić information content (AvgIpc) is 2.38. The monoisotopic (exact) mass is 270 g/mol. The Kier molecular flexibility index (Phi) is 8.46. The van der Waals surface area contributed by atoms with Crippen molar-refractivity contribution in [2.75, 3.05) is 0 Å². The first-order valence-electron chi connectivity index (χ1n) is 6.74. The van der Waals surface area contributed by atoms with E-state index in [-0.39, 0.29) is 6.42 Å². The van der Waals surface area contributed by atoms with Crippen LogP contribution in [0.1, 0.15) is 40.5 Å². The molecule has 0 spiro atoms. The van der Waals surface area contributed by atoms with E-state index in [1.54, 1.807) is 6.26 Å². The third kappa shape index (κ3) is 6.05. The highest BCUT2D eigenvalue weighted by Gasteiger charge is 2.28. The Morgan fingerprint density at radius 3 is 2.11 bits per heavy atom. The van der Waals surface area contributed by atoms with Crippen molar-refractivity contribution in [1.29, 1.82) is 0 Å². The van der Waals surface area contributed by atoms with Crippen LogP contribution in [0.25, 0.3) is 0 Å². The average molecular weight is 270 g/mol. The van der Waals surface area contributed by atoms with Crippen molar-refractivity contribution in [1.82, 2.24) is 0 Å². The molecule has 0 radical (unpaired) electrons. The minimum Gasteiger partial charge on any atom is -0.549 e. The molecule has 4 heteroatoms. The van der Waals surface area contributed by atoms with E-state index >= 15 is 0 Å². The molecule has 0 saturated heterocycles. The molecule has 0 aromatic rings. The number of carbonyl (C=O) groups is 1. The molecular formula is C14H26O3Si. The maximum atomic E-state index is 10.5. The molecule has 0 atom stereocenters. The molecule has 104 valence electrons. The normalized spacial score (nSPS) is 13.0. The van der Waals surface area contributed by atoms with Crippen molar-refractivity contribution in [3.8, 4) is 0 Å². The van der Waals surface area contributed by atoms with Gasteiger partial charge in [0.05, 0.1) is 6.26 Å². The molecule has 3 nitrogen and oxygen atoms in total. The van der Waals surface area contributed by atoms with E-state index in [0.717, 1.165) is 23.7 Å². The van der Waals surface area contributed by atoms with Crippen molar-refractivity contribution in [3.05, 3.63) is 24.0 Å². The zero-order valence-corrected chi connectivity index (χ0v) is 13.0. The molecular weight excluding hydrogens is 244 g/mol. The molecule has 0 aliphatic heterocycles. The lowest BCUT2D eigenvalue weighted by Crippen LogP contribution is -2.33. The summed E-state index contributed by atoms with van der Waals surface area (Å²) in [5, 5.41) is 8.65. The van der Waals surface area contributed by atoms with Gasteiger partial charge in [-0.3, -0.25) is 4.79 Å². The molecule has 0 unspecified atom stereocenters. The fraction of sp³-hybridized carbons (Fsp3) is 0.643. The number of aliphatic carboxylic acids is 1. The fourth-order valence-corrected chi connectivity index (χ4v) is 4.20. The Bertz CT molecular complexity index is 296. The standard InChI is InChI=1S/C14H26O3Si/c1-5-13(9-10-14(15)16)11-12-17-18(6-2,7-3)8-4/h5,11-12H,6-10H2,1-4H3,(H,15,16). The Morgan fingerprint density at radius 1 is 1.17 bits per heavy atom. The van der Waals surface area contributed by atoms with E-state index in [2.05, 4.69) is 20.8 Å². The molecule has 0 aliphatic carbocycles. The van der Waals surface area contributed by atoms with Gasteiger partial charge in [0, 0.05) is 6.42 Å². The second-order valence-corrected chi connectivity index (χ2v) is 9.14. The first-order valence-corrected chi connectivity index (χ1v) is 9.27. The summed E-state index contributed by atoms with van der Waals surface area (Å²) >= 11 is 0. The minimum atomic E-state index is -1.57. The molecule has 0 aromatic carbocycles. The van der Waals surface area contributed by atoms with Crippen molar-refractivity contribution in [2.45, 2.75) is 58.7 Å². The van der Waals surface area contributed by atoms with Crippen molar-refractivity contribution in [3.63, 3.8) is 0 Å². The van der Waals surface area contributed by atoms with Crippen molar-refractivity contribution < 1.29 is 14.3 Å². The first kappa shape index (κ1) is 17.0. The zero-order chi connectivity index (χ0) is 14.0. The second kappa shape index (κ2) is 8.97. The number of hydrogen-bond acceptors (Lipinski definition) is 2. The predicted octanol–water partition coefficient (Wildman–Crippen LogP) is 4.33. The summed E-state index contributed by atoms with van der Waals surface area (Å²) in [4.78, 5) is 10.5. The summed E-state index contributed by atoms with van der Waals surface area (Å²) in [5.74, 6) is -0.761. The Morgan fingerprint density at radius 2 is 1.72 bits per heavy atom. The van der Waals surface area contributed by atoms with Gasteiger partial charge in [-0.15, -0.1) is 0 Å². The highest BCUT2D eigenvalue weighted by atomic mass is 28.4. The van der Waals surface area contributed by atoms with E-state index in [9.17, 15) is 4.79 Å². The number of allylic oxidation sites excluding steroid dienone is 3. The molecule has 0 fully saturated rings. The molecule has 0 amide bonds. The van der Waals surface area contributed by atoms with Gasteiger partial charge < -0.3 is 9.53 Å². The van der Waals surface area contributed by atoms with Gasteiger partial charge in [-0.2, -0.15) is 0 Å². The second-order valence-electron chi connectivity index (χ2n) is 4.42. The van der Waals surface area contributed by atoms with Gasteiger partial charge in [-0.05, 0) is 43.1 Å². The number of carboxylic acids is 1. The van der Waals surface area contributed by atoms with Crippen LogP contribution in [-0.2, 0) is 9.22 Å². The van der Waals surface area contributed by atoms with Crippen LogP contribution < -0.4 is 0 Å².